The fourth-order valence-corrected chi connectivity index (χ4v) is 2.00. The summed E-state index contributed by atoms with van der Waals surface area (Å²) in [6, 6.07) is 4.37. The van der Waals surface area contributed by atoms with Gasteiger partial charge in [0.2, 0.25) is 0 Å². The van der Waals surface area contributed by atoms with E-state index in [2.05, 4.69) is 15.2 Å². The normalized spacial score (nSPS) is 11.4. The summed E-state index contributed by atoms with van der Waals surface area (Å²) in [4.78, 5) is 28.6. The molecule has 1 aromatic rings. The number of nitrogens with zero attached hydrogens (tertiary/aromatic N) is 2. The number of amides is 1. The molecule has 0 atom stereocenters. The predicted octanol–water partition coefficient (Wildman–Crippen LogP) is 1.10. The molecule has 6 nitrogen and oxygen atoms in total. The van der Waals surface area contributed by atoms with E-state index in [4.69, 9.17) is 5.11 Å². The summed E-state index contributed by atoms with van der Waals surface area (Å²) in [5.74, 6) is -1.51. The van der Waals surface area contributed by atoms with E-state index in [9.17, 15) is 9.59 Å². The minimum Gasteiger partial charge on any atom is -0.477 e. The van der Waals surface area contributed by atoms with Crippen LogP contribution < -0.4 is 5.32 Å². The van der Waals surface area contributed by atoms with Gasteiger partial charge >= 0.3 is 5.97 Å². The average Bonchev–Trinajstić information content (AvgIpc) is 2.34. The molecular formula is C14H21N3O3. The van der Waals surface area contributed by atoms with Crippen molar-refractivity contribution in [3.8, 4) is 0 Å². The third-order valence-corrected chi connectivity index (χ3v) is 2.67. The van der Waals surface area contributed by atoms with Crippen LogP contribution in [0.15, 0.2) is 18.2 Å². The lowest BCUT2D eigenvalue weighted by Crippen LogP contribution is -2.40. The molecule has 1 aromatic heterocycles. The van der Waals surface area contributed by atoms with Crippen molar-refractivity contribution in [3.05, 3.63) is 29.6 Å². The van der Waals surface area contributed by atoms with E-state index in [1.54, 1.807) is 0 Å². The third kappa shape index (κ3) is 4.97. The van der Waals surface area contributed by atoms with Crippen LogP contribution in [0.5, 0.6) is 0 Å². The fraction of sp³-hybridized carbons (Fsp3) is 0.500. The molecule has 0 aliphatic carbocycles. The van der Waals surface area contributed by atoms with Gasteiger partial charge in [0.25, 0.3) is 5.91 Å². The molecule has 0 fully saturated rings. The molecule has 0 aliphatic heterocycles. The quantitative estimate of drug-likeness (QED) is 0.814. The number of carbonyl (C=O) groups excluding carboxylic acids is 1. The Hall–Kier alpha value is -1.95. The number of pyridine rings is 1. The van der Waals surface area contributed by atoms with Gasteiger partial charge in [-0.15, -0.1) is 0 Å². The molecule has 0 saturated heterocycles. The molecular weight excluding hydrogens is 258 g/mol. The Morgan fingerprint density at radius 3 is 2.45 bits per heavy atom. The monoisotopic (exact) mass is 279 g/mol. The standard InChI is InChI=1S/C14H21N3O3/c1-14(2,9-17(3)4)8-15-12(18)10-6-5-7-11(16-10)13(19)20/h5-7H,8-9H2,1-4H3,(H,15,18)(H,19,20). The Morgan fingerprint density at radius 2 is 1.90 bits per heavy atom. The van der Waals surface area contributed by atoms with E-state index in [0.29, 0.717) is 6.54 Å². The maximum atomic E-state index is 12.0. The Morgan fingerprint density at radius 1 is 1.30 bits per heavy atom. The second-order valence-electron chi connectivity index (χ2n) is 5.80. The van der Waals surface area contributed by atoms with Gasteiger partial charge in [-0.3, -0.25) is 4.79 Å². The van der Waals surface area contributed by atoms with Crippen molar-refractivity contribution in [1.82, 2.24) is 15.2 Å². The van der Waals surface area contributed by atoms with Crippen molar-refractivity contribution in [1.29, 1.82) is 0 Å². The van der Waals surface area contributed by atoms with E-state index in [1.807, 2.05) is 27.9 Å². The van der Waals surface area contributed by atoms with Gasteiger partial charge in [-0.05, 0) is 31.6 Å². The van der Waals surface area contributed by atoms with Crippen LogP contribution in [0.25, 0.3) is 0 Å². The molecule has 0 radical (unpaired) electrons. The Bertz CT molecular complexity index is 498. The van der Waals surface area contributed by atoms with Gasteiger partial charge in [0, 0.05) is 13.1 Å². The van der Waals surface area contributed by atoms with Gasteiger partial charge < -0.3 is 15.3 Å². The second-order valence-corrected chi connectivity index (χ2v) is 5.80. The van der Waals surface area contributed by atoms with Gasteiger partial charge in [-0.25, -0.2) is 9.78 Å². The lowest BCUT2D eigenvalue weighted by molar-refractivity contribution is 0.0690. The number of carboxylic acids is 1. The summed E-state index contributed by atoms with van der Waals surface area (Å²) >= 11 is 0. The molecule has 1 heterocycles. The number of carbonyl (C=O) groups is 2. The molecule has 0 unspecified atom stereocenters. The van der Waals surface area contributed by atoms with Crippen LogP contribution in [0.4, 0.5) is 0 Å². The number of rotatable bonds is 6. The molecule has 2 N–H and O–H groups in total. The zero-order valence-electron chi connectivity index (χ0n) is 12.3. The van der Waals surface area contributed by atoms with Crippen LogP contribution in [0.1, 0.15) is 34.8 Å². The number of aromatic carboxylic acids is 1. The van der Waals surface area contributed by atoms with Crippen molar-refractivity contribution in [2.24, 2.45) is 5.41 Å². The van der Waals surface area contributed by atoms with Crippen LogP contribution >= 0.6 is 0 Å². The molecule has 0 bridgehead atoms. The molecule has 0 aliphatic rings. The fourth-order valence-electron chi connectivity index (χ4n) is 2.00. The van der Waals surface area contributed by atoms with Gasteiger partial charge in [0.05, 0.1) is 0 Å². The highest BCUT2D eigenvalue weighted by molar-refractivity contribution is 5.94. The van der Waals surface area contributed by atoms with Gasteiger partial charge in [0.15, 0.2) is 0 Å². The van der Waals surface area contributed by atoms with Crippen LogP contribution in [0.2, 0.25) is 0 Å². The van der Waals surface area contributed by atoms with E-state index < -0.39 is 5.97 Å². The molecule has 110 valence electrons. The molecule has 0 aromatic carbocycles. The zero-order valence-corrected chi connectivity index (χ0v) is 12.3. The topological polar surface area (TPSA) is 82.5 Å². The summed E-state index contributed by atoms with van der Waals surface area (Å²) in [5.41, 5.74) is -0.0976. The van der Waals surface area contributed by atoms with Crippen molar-refractivity contribution >= 4 is 11.9 Å². The third-order valence-electron chi connectivity index (χ3n) is 2.67. The van der Waals surface area contributed by atoms with Gasteiger partial charge in [-0.1, -0.05) is 19.9 Å². The predicted molar refractivity (Wildman–Crippen MR) is 75.9 cm³/mol. The number of hydrogen-bond donors (Lipinski definition) is 2. The van der Waals surface area contributed by atoms with Gasteiger partial charge in [0.1, 0.15) is 11.4 Å². The first-order chi connectivity index (χ1) is 9.21. The number of carboxylic acid groups (broad SMARTS) is 1. The summed E-state index contributed by atoms with van der Waals surface area (Å²) in [5, 5.41) is 11.6. The number of aromatic nitrogens is 1. The molecule has 0 saturated carbocycles. The van der Waals surface area contributed by atoms with Crippen molar-refractivity contribution in [2.45, 2.75) is 13.8 Å². The van der Waals surface area contributed by atoms with Gasteiger partial charge in [-0.2, -0.15) is 0 Å². The lowest BCUT2D eigenvalue weighted by atomic mass is 9.93. The maximum absolute atomic E-state index is 12.0. The van der Waals surface area contributed by atoms with E-state index >= 15 is 0 Å². The van der Waals surface area contributed by atoms with E-state index in [-0.39, 0.29) is 22.7 Å². The summed E-state index contributed by atoms with van der Waals surface area (Å²) < 4.78 is 0. The van der Waals surface area contributed by atoms with Crippen LogP contribution in [-0.2, 0) is 0 Å². The molecule has 1 rings (SSSR count). The Balaban J connectivity index is 2.68. The Labute approximate surface area is 118 Å². The van der Waals surface area contributed by atoms with Crippen molar-refractivity contribution in [2.75, 3.05) is 27.2 Å². The minimum absolute atomic E-state index is 0.0798. The number of hydrogen-bond acceptors (Lipinski definition) is 4. The van der Waals surface area contributed by atoms with Crippen LogP contribution in [0.3, 0.4) is 0 Å². The van der Waals surface area contributed by atoms with Crippen molar-refractivity contribution in [3.63, 3.8) is 0 Å². The summed E-state index contributed by atoms with van der Waals surface area (Å²) in [6.45, 7) is 5.42. The minimum atomic E-state index is -1.15. The highest BCUT2D eigenvalue weighted by atomic mass is 16.4. The molecule has 20 heavy (non-hydrogen) atoms. The van der Waals surface area contributed by atoms with Crippen LogP contribution in [0, 0.1) is 5.41 Å². The highest BCUT2D eigenvalue weighted by Gasteiger charge is 2.20. The smallest absolute Gasteiger partial charge is 0.354 e. The first kappa shape index (κ1) is 16.1. The largest absolute Gasteiger partial charge is 0.477 e. The zero-order chi connectivity index (χ0) is 15.3. The maximum Gasteiger partial charge on any atom is 0.354 e. The van der Waals surface area contributed by atoms with Crippen molar-refractivity contribution < 1.29 is 14.7 Å². The average molecular weight is 279 g/mol. The first-order valence-corrected chi connectivity index (χ1v) is 6.34. The summed E-state index contributed by atoms with van der Waals surface area (Å²) in [7, 11) is 3.95. The molecule has 6 heteroatoms. The SMILES string of the molecule is CN(C)CC(C)(C)CNC(=O)c1cccc(C(=O)O)n1. The first-order valence-electron chi connectivity index (χ1n) is 6.34. The molecule has 1 amide bonds. The van der Waals surface area contributed by atoms with E-state index in [0.717, 1.165) is 6.54 Å². The highest BCUT2D eigenvalue weighted by Crippen LogP contribution is 2.14. The summed E-state index contributed by atoms with van der Waals surface area (Å²) in [6.07, 6.45) is 0. The van der Waals surface area contributed by atoms with Crippen LogP contribution in [-0.4, -0.2) is 54.1 Å². The molecule has 0 spiro atoms. The lowest BCUT2D eigenvalue weighted by Gasteiger charge is -2.28. The Kier molecular flexibility index (Phi) is 5.21. The second kappa shape index (κ2) is 6.47. The number of nitrogens with one attached hydrogen (secondary N) is 1. The van der Waals surface area contributed by atoms with E-state index in [1.165, 1.54) is 18.2 Å².